The first-order valence-corrected chi connectivity index (χ1v) is 10.3. The second-order valence-electron chi connectivity index (χ2n) is 7.60. The summed E-state index contributed by atoms with van der Waals surface area (Å²) in [4.78, 5) is 36.1. The minimum Gasteiger partial charge on any atom is -0.348 e. The molecule has 8 nitrogen and oxygen atoms in total. The van der Waals surface area contributed by atoms with Crippen LogP contribution in [0, 0.1) is 18.8 Å². The maximum absolute atomic E-state index is 13.1. The van der Waals surface area contributed by atoms with E-state index in [-0.39, 0.29) is 25.0 Å². The number of nitrogen functional groups attached to an aromatic ring is 1. The third kappa shape index (κ3) is 3.89. The lowest BCUT2D eigenvalue weighted by Crippen LogP contribution is -2.36. The molecule has 0 radical (unpaired) electrons. The number of carbonyl (C=O) groups excluding carboxylic acids is 1. The van der Waals surface area contributed by atoms with Gasteiger partial charge in [-0.15, -0.1) is 0 Å². The molecule has 0 fully saturated rings. The van der Waals surface area contributed by atoms with Crippen LogP contribution in [0.5, 0.6) is 0 Å². The molecule has 158 valence electrons. The summed E-state index contributed by atoms with van der Waals surface area (Å²) < 4.78 is 3.83. The molecular weight excluding hydrogens is 450 g/mol. The molecule has 1 amide bonds. The molecule has 2 aromatic heterocycles. The Hall–Kier alpha value is -2.94. The van der Waals surface area contributed by atoms with E-state index in [4.69, 9.17) is 5.84 Å². The Balaban J connectivity index is 1.97. The number of amides is 1. The van der Waals surface area contributed by atoms with Crippen LogP contribution in [-0.4, -0.2) is 15.2 Å². The monoisotopic (exact) mass is 473 g/mol. The van der Waals surface area contributed by atoms with Crippen LogP contribution in [0.2, 0.25) is 0 Å². The van der Waals surface area contributed by atoms with Gasteiger partial charge >= 0.3 is 0 Å². The van der Waals surface area contributed by atoms with E-state index in [2.05, 4.69) is 44.8 Å². The quantitative estimate of drug-likeness (QED) is 0.419. The van der Waals surface area contributed by atoms with Gasteiger partial charge in [0.1, 0.15) is 6.54 Å². The number of hydrogen-bond donors (Lipinski definition) is 2. The summed E-state index contributed by atoms with van der Waals surface area (Å²) in [6.07, 6.45) is 2.04. The Morgan fingerprint density at radius 1 is 1.23 bits per heavy atom. The number of aromatic nitrogens is 2. The van der Waals surface area contributed by atoms with Gasteiger partial charge in [0.15, 0.2) is 0 Å². The summed E-state index contributed by atoms with van der Waals surface area (Å²) in [6.45, 7) is 7.72. The van der Waals surface area contributed by atoms with Crippen LogP contribution in [0.25, 0.3) is 10.9 Å². The number of nitrogens with zero attached hydrogens (tertiary/aromatic N) is 3. The van der Waals surface area contributed by atoms with Crippen molar-refractivity contribution in [1.82, 2.24) is 14.6 Å². The Labute approximate surface area is 182 Å². The minimum atomic E-state index is -0.463. The highest BCUT2D eigenvalue weighted by Gasteiger charge is 2.19. The van der Waals surface area contributed by atoms with Crippen molar-refractivity contribution >= 4 is 32.7 Å². The van der Waals surface area contributed by atoms with E-state index in [1.165, 1.54) is 0 Å². The smallest absolute Gasteiger partial charge is 0.274 e. The Bertz CT molecular complexity index is 1210. The molecule has 1 aromatic carbocycles. The van der Waals surface area contributed by atoms with Gasteiger partial charge < -0.3 is 15.7 Å². The van der Waals surface area contributed by atoms with Gasteiger partial charge in [-0.1, -0.05) is 21.1 Å². The summed E-state index contributed by atoms with van der Waals surface area (Å²) in [6, 6.07) is 5.66. The van der Waals surface area contributed by atoms with Gasteiger partial charge in [0.25, 0.3) is 11.5 Å². The minimum absolute atomic E-state index is 0.0213. The molecule has 2 heterocycles. The van der Waals surface area contributed by atoms with Crippen LogP contribution in [0.15, 0.2) is 38.8 Å². The zero-order valence-corrected chi connectivity index (χ0v) is 18.9. The van der Waals surface area contributed by atoms with Crippen molar-refractivity contribution in [1.29, 1.82) is 0 Å². The first-order chi connectivity index (χ1) is 14.1. The first kappa shape index (κ1) is 21.8. The number of pyridine rings is 1. The van der Waals surface area contributed by atoms with Gasteiger partial charge in [-0.2, -0.15) is 4.91 Å². The fraction of sp³-hybridized carbons (Fsp3) is 0.333. The van der Waals surface area contributed by atoms with Crippen LogP contribution < -0.4 is 16.7 Å². The molecule has 0 saturated heterocycles. The highest BCUT2D eigenvalue weighted by atomic mass is 79.9. The van der Waals surface area contributed by atoms with Gasteiger partial charge in [0.2, 0.25) is 0 Å². The van der Waals surface area contributed by atoms with Crippen molar-refractivity contribution in [3.05, 3.63) is 72.1 Å². The molecule has 0 aliphatic heterocycles. The Morgan fingerprint density at radius 2 is 1.93 bits per heavy atom. The fourth-order valence-corrected chi connectivity index (χ4v) is 4.12. The van der Waals surface area contributed by atoms with Gasteiger partial charge in [-0.3, -0.25) is 9.59 Å². The van der Waals surface area contributed by atoms with E-state index in [1.54, 1.807) is 19.1 Å². The summed E-state index contributed by atoms with van der Waals surface area (Å²) in [5.74, 6) is 5.50. The topological polar surface area (TPSA) is 111 Å². The predicted octanol–water partition coefficient (Wildman–Crippen LogP) is 3.67. The van der Waals surface area contributed by atoms with E-state index in [9.17, 15) is 14.5 Å². The Kier molecular flexibility index (Phi) is 6.12. The lowest BCUT2D eigenvalue weighted by molar-refractivity contribution is 0.0952. The third-order valence-corrected chi connectivity index (χ3v) is 5.64. The van der Waals surface area contributed by atoms with Crippen molar-refractivity contribution < 1.29 is 4.79 Å². The molecular formula is C21H24BrN5O3. The molecule has 0 atom stereocenters. The summed E-state index contributed by atoms with van der Waals surface area (Å²) in [7, 11) is 0. The first-order valence-electron chi connectivity index (χ1n) is 9.53. The number of nitrogens with one attached hydrogen (secondary N) is 1. The third-order valence-electron chi connectivity index (χ3n) is 5.19. The maximum Gasteiger partial charge on any atom is 0.274 e. The maximum atomic E-state index is 13.1. The van der Waals surface area contributed by atoms with Crippen LogP contribution in [0.4, 0.5) is 0 Å². The molecule has 0 spiro atoms. The number of halogens is 1. The van der Waals surface area contributed by atoms with Gasteiger partial charge in [0, 0.05) is 34.2 Å². The number of hydrogen-bond acceptors (Lipinski definition) is 5. The molecule has 30 heavy (non-hydrogen) atoms. The molecule has 3 rings (SSSR count). The van der Waals surface area contributed by atoms with Crippen molar-refractivity contribution in [2.24, 2.45) is 5.18 Å². The second-order valence-corrected chi connectivity index (χ2v) is 8.52. The molecule has 0 aliphatic carbocycles. The van der Waals surface area contributed by atoms with Crippen molar-refractivity contribution in [3.63, 3.8) is 0 Å². The standard InChI is InChI=1S/C21H24BrN5O3/c1-11(2)26-10-13(4)19-16(6-14(22)7-18(19)26)20(28)24-9-17-12(3)5-15(8-25-30)27(23)21(17)29/h5-7,10-11H,8-9,23H2,1-4H3,(H,24,28). The van der Waals surface area contributed by atoms with Gasteiger partial charge in [-0.25, -0.2) is 4.68 Å². The number of aryl methyl sites for hydroxylation is 2. The number of rotatable bonds is 6. The number of carbonyl (C=O) groups is 1. The van der Waals surface area contributed by atoms with E-state index < -0.39 is 5.56 Å². The van der Waals surface area contributed by atoms with Gasteiger partial charge in [0.05, 0.1) is 16.8 Å². The highest BCUT2D eigenvalue weighted by molar-refractivity contribution is 9.10. The second kappa shape index (κ2) is 8.43. The number of nitrogens with two attached hydrogens (primary N) is 1. The number of nitroso groups, excluding NO2 is 1. The lowest BCUT2D eigenvalue weighted by atomic mass is 10.1. The Morgan fingerprint density at radius 3 is 2.57 bits per heavy atom. The zero-order valence-electron chi connectivity index (χ0n) is 17.3. The average molecular weight is 474 g/mol. The summed E-state index contributed by atoms with van der Waals surface area (Å²) in [5, 5.41) is 6.50. The van der Waals surface area contributed by atoms with E-state index in [0.717, 1.165) is 25.6 Å². The van der Waals surface area contributed by atoms with Crippen LogP contribution in [-0.2, 0) is 13.1 Å². The van der Waals surface area contributed by atoms with E-state index in [1.807, 2.05) is 19.2 Å². The van der Waals surface area contributed by atoms with Crippen molar-refractivity contribution in [3.8, 4) is 0 Å². The van der Waals surface area contributed by atoms with Gasteiger partial charge in [-0.05, 0) is 57.0 Å². The van der Waals surface area contributed by atoms with Crippen LogP contribution in [0.1, 0.15) is 52.6 Å². The summed E-state index contributed by atoms with van der Waals surface area (Å²) in [5.41, 5.74) is 3.36. The lowest BCUT2D eigenvalue weighted by Gasteiger charge is -2.13. The fourth-order valence-electron chi connectivity index (χ4n) is 3.68. The molecule has 3 N–H and O–H groups in total. The molecule has 0 unspecified atom stereocenters. The van der Waals surface area contributed by atoms with Crippen LogP contribution in [0.3, 0.4) is 0 Å². The average Bonchev–Trinajstić information content (AvgIpc) is 3.01. The molecule has 3 aromatic rings. The normalized spacial score (nSPS) is 11.3. The predicted molar refractivity (Wildman–Crippen MR) is 121 cm³/mol. The van der Waals surface area contributed by atoms with E-state index >= 15 is 0 Å². The number of benzene rings is 1. The SMILES string of the molecule is Cc1cc(CN=O)n(N)c(=O)c1CNC(=O)c1cc(Br)cc2c1c(C)cn2C(C)C. The van der Waals surface area contributed by atoms with Crippen molar-refractivity contribution in [2.75, 3.05) is 5.84 Å². The molecule has 0 bridgehead atoms. The van der Waals surface area contributed by atoms with E-state index in [0.29, 0.717) is 22.4 Å². The zero-order chi connectivity index (χ0) is 22.2. The molecule has 0 aliphatic rings. The highest BCUT2D eigenvalue weighted by Crippen LogP contribution is 2.30. The molecule has 0 saturated carbocycles. The number of fused-ring (bicyclic) bond motifs is 1. The molecule has 9 heteroatoms. The van der Waals surface area contributed by atoms with Crippen LogP contribution >= 0.6 is 15.9 Å². The summed E-state index contributed by atoms with van der Waals surface area (Å²) >= 11 is 3.50. The largest absolute Gasteiger partial charge is 0.348 e. The van der Waals surface area contributed by atoms with Crippen molar-refractivity contribution in [2.45, 2.75) is 46.8 Å².